The molecule has 1 unspecified atom stereocenters. The molecule has 1 aromatic heterocycles. The third kappa shape index (κ3) is 2.21. The minimum absolute atomic E-state index is 0.0905. The molecule has 0 aromatic carbocycles. The van der Waals surface area contributed by atoms with Crippen molar-refractivity contribution in [3.8, 4) is 0 Å². The van der Waals surface area contributed by atoms with Crippen LogP contribution in [0.5, 0.6) is 0 Å². The summed E-state index contributed by atoms with van der Waals surface area (Å²) in [6, 6.07) is -0.0905. The minimum atomic E-state index is -0.429. The summed E-state index contributed by atoms with van der Waals surface area (Å²) in [5.41, 5.74) is -0.337. The van der Waals surface area contributed by atoms with E-state index >= 15 is 0 Å². The van der Waals surface area contributed by atoms with Crippen molar-refractivity contribution in [3.05, 3.63) is 31.6 Å². The third-order valence-corrected chi connectivity index (χ3v) is 3.20. The van der Waals surface area contributed by atoms with Gasteiger partial charge in [0.15, 0.2) is 0 Å². The molecule has 1 heterocycles. The second kappa shape index (κ2) is 4.87. The van der Waals surface area contributed by atoms with Crippen LogP contribution in [0, 0.1) is 12.8 Å². The molecule has 90 valence electrons. The lowest BCUT2D eigenvalue weighted by molar-refractivity contribution is 0.344. The van der Waals surface area contributed by atoms with Crippen molar-refractivity contribution in [1.82, 2.24) is 9.55 Å². The lowest BCUT2D eigenvalue weighted by Crippen LogP contribution is -2.40. The van der Waals surface area contributed by atoms with E-state index in [0.29, 0.717) is 5.56 Å². The molecule has 0 aliphatic carbocycles. The summed E-state index contributed by atoms with van der Waals surface area (Å²) < 4.78 is 1.27. The standard InChI is InChI=1S/C11H17ClN2O2/c1-5-8(6(2)3)14-10(15)7(4)9(12)13-11(14)16/h6,8H,5H2,1-4H3,(H,13,16). The molecule has 0 aliphatic heterocycles. The number of nitrogens with zero attached hydrogens (tertiary/aromatic N) is 1. The van der Waals surface area contributed by atoms with Crippen LogP contribution < -0.4 is 11.2 Å². The molecule has 0 amide bonds. The van der Waals surface area contributed by atoms with Crippen LogP contribution in [0.25, 0.3) is 0 Å². The Morgan fingerprint density at radius 1 is 1.38 bits per heavy atom. The van der Waals surface area contributed by atoms with Gasteiger partial charge in [0.2, 0.25) is 0 Å². The Kier molecular flexibility index (Phi) is 3.97. The molecular formula is C11H17ClN2O2. The highest BCUT2D eigenvalue weighted by Gasteiger charge is 2.19. The molecule has 1 aromatic rings. The fourth-order valence-electron chi connectivity index (χ4n) is 1.87. The number of aromatic amines is 1. The number of H-pyrrole nitrogens is 1. The van der Waals surface area contributed by atoms with Crippen LogP contribution in [-0.4, -0.2) is 9.55 Å². The number of hydrogen-bond acceptors (Lipinski definition) is 2. The van der Waals surface area contributed by atoms with Gasteiger partial charge in [-0.15, -0.1) is 0 Å². The molecule has 16 heavy (non-hydrogen) atoms. The summed E-state index contributed by atoms with van der Waals surface area (Å²) in [5, 5.41) is 0.129. The topological polar surface area (TPSA) is 54.9 Å². The number of nitrogens with one attached hydrogen (secondary N) is 1. The molecular weight excluding hydrogens is 228 g/mol. The van der Waals surface area contributed by atoms with E-state index in [9.17, 15) is 9.59 Å². The maximum atomic E-state index is 12.0. The first-order valence-electron chi connectivity index (χ1n) is 5.41. The van der Waals surface area contributed by atoms with Gasteiger partial charge in [0.1, 0.15) is 5.15 Å². The van der Waals surface area contributed by atoms with Crippen molar-refractivity contribution in [2.45, 2.75) is 40.2 Å². The van der Waals surface area contributed by atoms with E-state index in [-0.39, 0.29) is 22.7 Å². The Labute approximate surface area is 99.3 Å². The maximum Gasteiger partial charge on any atom is 0.329 e. The summed E-state index contributed by atoms with van der Waals surface area (Å²) in [6.45, 7) is 7.55. The van der Waals surface area contributed by atoms with Crippen molar-refractivity contribution >= 4 is 11.6 Å². The average molecular weight is 245 g/mol. The fraction of sp³-hybridized carbons (Fsp3) is 0.636. The van der Waals surface area contributed by atoms with Crippen LogP contribution in [0.1, 0.15) is 38.8 Å². The lowest BCUT2D eigenvalue weighted by atomic mass is 10.0. The SMILES string of the molecule is CCC(C(C)C)n1c(=O)[nH]c(Cl)c(C)c1=O. The van der Waals surface area contributed by atoms with Gasteiger partial charge in [-0.2, -0.15) is 0 Å². The maximum absolute atomic E-state index is 12.0. The molecule has 0 radical (unpaired) electrons. The summed E-state index contributed by atoms with van der Waals surface area (Å²) in [4.78, 5) is 26.2. The Morgan fingerprint density at radius 2 is 1.94 bits per heavy atom. The summed E-state index contributed by atoms with van der Waals surface area (Å²) >= 11 is 5.75. The van der Waals surface area contributed by atoms with Gasteiger partial charge < -0.3 is 0 Å². The van der Waals surface area contributed by atoms with Crippen molar-refractivity contribution in [2.75, 3.05) is 0 Å². The number of halogens is 1. The first-order valence-corrected chi connectivity index (χ1v) is 5.78. The molecule has 5 heteroatoms. The van der Waals surface area contributed by atoms with Crippen LogP contribution in [0.3, 0.4) is 0 Å². The molecule has 0 saturated carbocycles. The van der Waals surface area contributed by atoms with Crippen LogP contribution >= 0.6 is 11.6 Å². The van der Waals surface area contributed by atoms with Gasteiger partial charge in [0.05, 0.1) is 0 Å². The molecule has 0 bridgehead atoms. The van der Waals surface area contributed by atoms with Gasteiger partial charge >= 0.3 is 5.69 Å². The van der Waals surface area contributed by atoms with E-state index in [2.05, 4.69) is 4.98 Å². The highest BCUT2D eigenvalue weighted by molar-refractivity contribution is 6.30. The molecule has 0 saturated heterocycles. The Morgan fingerprint density at radius 3 is 2.38 bits per heavy atom. The predicted octanol–water partition coefficient (Wildman–Crippen LogP) is 2.11. The summed E-state index contributed by atoms with van der Waals surface area (Å²) in [5.74, 6) is 0.226. The smallest absolute Gasteiger partial charge is 0.297 e. The van der Waals surface area contributed by atoms with Gasteiger partial charge in [-0.25, -0.2) is 4.79 Å². The van der Waals surface area contributed by atoms with Gasteiger partial charge in [0.25, 0.3) is 5.56 Å². The Balaban J connectivity index is 3.51. The van der Waals surface area contributed by atoms with Crippen molar-refractivity contribution in [3.63, 3.8) is 0 Å². The Hall–Kier alpha value is -1.03. The number of hydrogen-bond donors (Lipinski definition) is 1. The minimum Gasteiger partial charge on any atom is -0.297 e. The average Bonchev–Trinajstić information content (AvgIpc) is 2.20. The highest BCUT2D eigenvalue weighted by Crippen LogP contribution is 2.18. The summed E-state index contributed by atoms with van der Waals surface area (Å²) in [6.07, 6.45) is 0.738. The number of aromatic nitrogens is 2. The zero-order valence-electron chi connectivity index (χ0n) is 10.0. The van der Waals surface area contributed by atoms with E-state index in [1.54, 1.807) is 6.92 Å². The highest BCUT2D eigenvalue weighted by atomic mass is 35.5. The van der Waals surface area contributed by atoms with Gasteiger partial charge in [-0.1, -0.05) is 32.4 Å². The normalized spacial score (nSPS) is 13.1. The van der Waals surface area contributed by atoms with Gasteiger partial charge in [-0.05, 0) is 19.3 Å². The Bertz CT molecular complexity index is 488. The lowest BCUT2D eigenvalue weighted by Gasteiger charge is -2.21. The first kappa shape index (κ1) is 13.0. The van der Waals surface area contributed by atoms with E-state index in [1.165, 1.54) is 4.57 Å². The zero-order valence-corrected chi connectivity index (χ0v) is 10.8. The largest absolute Gasteiger partial charge is 0.329 e. The van der Waals surface area contributed by atoms with Gasteiger partial charge in [-0.3, -0.25) is 14.3 Å². The molecule has 0 spiro atoms. The monoisotopic (exact) mass is 244 g/mol. The first-order chi connectivity index (χ1) is 7.40. The van der Waals surface area contributed by atoms with E-state index < -0.39 is 5.69 Å². The van der Waals surface area contributed by atoms with Crippen LogP contribution in [-0.2, 0) is 0 Å². The van der Waals surface area contributed by atoms with Crippen molar-refractivity contribution in [1.29, 1.82) is 0 Å². The fourth-order valence-corrected chi connectivity index (χ4v) is 2.03. The molecule has 4 nitrogen and oxygen atoms in total. The molecule has 1 atom stereocenters. The molecule has 1 rings (SSSR count). The summed E-state index contributed by atoms with van der Waals surface area (Å²) in [7, 11) is 0. The quantitative estimate of drug-likeness (QED) is 0.828. The van der Waals surface area contributed by atoms with E-state index in [0.717, 1.165) is 6.42 Å². The van der Waals surface area contributed by atoms with Gasteiger partial charge in [0, 0.05) is 11.6 Å². The molecule has 0 aliphatic rings. The number of rotatable bonds is 3. The second-order valence-electron chi connectivity index (χ2n) is 4.26. The van der Waals surface area contributed by atoms with Crippen molar-refractivity contribution < 1.29 is 0 Å². The second-order valence-corrected chi connectivity index (χ2v) is 4.64. The predicted molar refractivity (Wildman–Crippen MR) is 65.2 cm³/mol. The third-order valence-electron chi connectivity index (χ3n) is 2.82. The zero-order chi connectivity index (χ0) is 12.5. The van der Waals surface area contributed by atoms with Crippen LogP contribution in [0.4, 0.5) is 0 Å². The molecule has 0 fully saturated rings. The molecule has 1 N–H and O–H groups in total. The van der Waals surface area contributed by atoms with E-state index in [4.69, 9.17) is 11.6 Å². The van der Waals surface area contributed by atoms with Crippen LogP contribution in [0.15, 0.2) is 9.59 Å². The van der Waals surface area contributed by atoms with Crippen molar-refractivity contribution in [2.24, 2.45) is 5.92 Å². The van der Waals surface area contributed by atoms with E-state index in [1.807, 2.05) is 20.8 Å². The van der Waals surface area contributed by atoms with Crippen LogP contribution in [0.2, 0.25) is 5.15 Å².